The maximum atomic E-state index is 9.41. The number of aromatic nitrogens is 3. The number of piperidine rings is 1. The summed E-state index contributed by atoms with van der Waals surface area (Å²) in [6, 6.07) is 0. The number of H-pyrrole nitrogens is 1. The maximum absolute atomic E-state index is 9.41. The summed E-state index contributed by atoms with van der Waals surface area (Å²) in [7, 11) is 1.98. The molecule has 6 nitrogen and oxygen atoms in total. The van der Waals surface area contributed by atoms with Crippen LogP contribution >= 0.6 is 0 Å². The Morgan fingerprint density at radius 1 is 1.65 bits per heavy atom. The first-order valence-electron chi connectivity index (χ1n) is 6.20. The molecule has 1 fully saturated rings. The second-order valence-electron chi connectivity index (χ2n) is 4.71. The number of anilines is 1. The Morgan fingerprint density at radius 3 is 3.12 bits per heavy atom. The lowest BCUT2D eigenvalue weighted by molar-refractivity contribution is 0.189. The third-order valence-electron chi connectivity index (χ3n) is 3.18. The minimum Gasteiger partial charge on any atom is -0.385 e. The van der Waals surface area contributed by atoms with Gasteiger partial charge in [-0.15, -0.1) is 5.10 Å². The van der Waals surface area contributed by atoms with Crippen molar-refractivity contribution in [2.24, 2.45) is 5.92 Å². The Balaban J connectivity index is 2.00. The highest BCUT2D eigenvalue weighted by Gasteiger charge is 2.22. The van der Waals surface area contributed by atoms with Crippen LogP contribution in [0.3, 0.4) is 0 Å². The molecule has 2 unspecified atom stereocenters. The molecule has 2 rings (SSSR count). The standard InChI is InChI=1S/C11H21N5O/c1-8(17)10-13-11(15-14-10)16-5-3-4-9(7-16)6-12-2/h8-9,12,17H,3-7H2,1-2H3,(H,13,14,15). The molecule has 6 heteroatoms. The zero-order valence-corrected chi connectivity index (χ0v) is 10.5. The maximum Gasteiger partial charge on any atom is 0.244 e. The largest absolute Gasteiger partial charge is 0.385 e. The van der Waals surface area contributed by atoms with E-state index in [0.29, 0.717) is 17.7 Å². The molecule has 2 heterocycles. The van der Waals surface area contributed by atoms with Crippen LogP contribution in [0.2, 0.25) is 0 Å². The number of hydrogen-bond donors (Lipinski definition) is 3. The van der Waals surface area contributed by atoms with Crippen LogP contribution < -0.4 is 10.2 Å². The van der Waals surface area contributed by atoms with E-state index in [4.69, 9.17) is 0 Å². The summed E-state index contributed by atoms with van der Waals surface area (Å²) in [6.45, 7) is 4.70. The summed E-state index contributed by atoms with van der Waals surface area (Å²) in [6.07, 6.45) is 1.84. The van der Waals surface area contributed by atoms with Gasteiger partial charge in [0.25, 0.3) is 0 Å². The molecule has 0 amide bonds. The monoisotopic (exact) mass is 239 g/mol. The van der Waals surface area contributed by atoms with E-state index in [2.05, 4.69) is 25.4 Å². The van der Waals surface area contributed by atoms with E-state index >= 15 is 0 Å². The minimum atomic E-state index is -0.589. The summed E-state index contributed by atoms with van der Waals surface area (Å²) in [5.74, 6) is 1.90. The second-order valence-corrected chi connectivity index (χ2v) is 4.71. The van der Waals surface area contributed by atoms with E-state index in [1.807, 2.05) is 7.05 Å². The van der Waals surface area contributed by atoms with Crippen molar-refractivity contribution in [1.29, 1.82) is 0 Å². The van der Waals surface area contributed by atoms with Crippen LogP contribution in [-0.2, 0) is 0 Å². The van der Waals surface area contributed by atoms with Gasteiger partial charge in [-0.1, -0.05) is 0 Å². The molecule has 1 saturated heterocycles. The lowest BCUT2D eigenvalue weighted by Gasteiger charge is -2.31. The number of nitrogens with zero attached hydrogens (tertiary/aromatic N) is 3. The van der Waals surface area contributed by atoms with Gasteiger partial charge in [-0.05, 0) is 39.3 Å². The Bertz CT molecular complexity index is 349. The number of rotatable bonds is 4. The highest BCUT2D eigenvalue weighted by Crippen LogP contribution is 2.20. The highest BCUT2D eigenvalue weighted by atomic mass is 16.3. The van der Waals surface area contributed by atoms with Crippen molar-refractivity contribution in [3.63, 3.8) is 0 Å². The normalized spacial score (nSPS) is 22.8. The predicted octanol–water partition coefficient (Wildman–Crippen LogP) is 0.294. The molecule has 3 N–H and O–H groups in total. The fourth-order valence-corrected chi connectivity index (χ4v) is 2.30. The zero-order chi connectivity index (χ0) is 12.3. The molecule has 1 aliphatic rings. The lowest BCUT2D eigenvalue weighted by Crippen LogP contribution is -2.39. The summed E-state index contributed by atoms with van der Waals surface area (Å²) < 4.78 is 0. The number of hydrogen-bond acceptors (Lipinski definition) is 5. The first-order chi connectivity index (χ1) is 8.20. The zero-order valence-electron chi connectivity index (χ0n) is 10.5. The second kappa shape index (κ2) is 5.46. The van der Waals surface area contributed by atoms with E-state index in [9.17, 15) is 5.11 Å². The average Bonchev–Trinajstić information content (AvgIpc) is 2.79. The summed E-state index contributed by atoms with van der Waals surface area (Å²) in [4.78, 5) is 6.51. The molecule has 1 aromatic heterocycles. The first kappa shape index (κ1) is 12.3. The van der Waals surface area contributed by atoms with E-state index in [1.54, 1.807) is 6.92 Å². The number of aromatic amines is 1. The molecular formula is C11H21N5O. The molecule has 0 radical (unpaired) electrons. The van der Waals surface area contributed by atoms with Crippen LogP contribution in [0.25, 0.3) is 0 Å². The van der Waals surface area contributed by atoms with Crippen molar-refractivity contribution in [2.45, 2.75) is 25.9 Å². The molecule has 0 saturated carbocycles. The fourth-order valence-electron chi connectivity index (χ4n) is 2.30. The molecular weight excluding hydrogens is 218 g/mol. The van der Waals surface area contributed by atoms with Gasteiger partial charge in [0.15, 0.2) is 5.82 Å². The van der Waals surface area contributed by atoms with Gasteiger partial charge in [-0.2, -0.15) is 4.98 Å². The Labute approximate surface area is 101 Å². The van der Waals surface area contributed by atoms with Crippen LogP contribution in [0, 0.1) is 5.92 Å². The van der Waals surface area contributed by atoms with Gasteiger partial charge >= 0.3 is 0 Å². The van der Waals surface area contributed by atoms with E-state index in [-0.39, 0.29) is 0 Å². The Hall–Kier alpha value is -1.14. The quantitative estimate of drug-likeness (QED) is 0.704. The van der Waals surface area contributed by atoms with Crippen molar-refractivity contribution in [1.82, 2.24) is 20.5 Å². The summed E-state index contributed by atoms with van der Waals surface area (Å²) in [5.41, 5.74) is 0. The number of nitrogens with one attached hydrogen (secondary N) is 2. The smallest absolute Gasteiger partial charge is 0.244 e. The van der Waals surface area contributed by atoms with E-state index in [1.165, 1.54) is 12.8 Å². The minimum absolute atomic E-state index is 0.538. The van der Waals surface area contributed by atoms with Gasteiger partial charge < -0.3 is 15.3 Å². The number of aliphatic hydroxyl groups excluding tert-OH is 1. The van der Waals surface area contributed by atoms with Crippen molar-refractivity contribution in [3.8, 4) is 0 Å². The molecule has 0 bridgehead atoms. The van der Waals surface area contributed by atoms with Crippen LogP contribution in [-0.4, -0.2) is 47.0 Å². The van der Waals surface area contributed by atoms with Gasteiger partial charge in [0, 0.05) is 13.1 Å². The first-order valence-corrected chi connectivity index (χ1v) is 6.20. The molecule has 0 aromatic carbocycles. The highest BCUT2D eigenvalue weighted by molar-refractivity contribution is 5.29. The predicted molar refractivity (Wildman–Crippen MR) is 65.9 cm³/mol. The fraction of sp³-hybridized carbons (Fsp3) is 0.818. The third-order valence-corrected chi connectivity index (χ3v) is 3.18. The van der Waals surface area contributed by atoms with Gasteiger partial charge in [-0.3, -0.25) is 5.10 Å². The van der Waals surface area contributed by atoms with Crippen LogP contribution in [0.15, 0.2) is 0 Å². The van der Waals surface area contributed by atoms with Crippen LogP contribution in [0.1, 0.15) is 31.7 Å². The van der Waals surface area contributed by atoms with E-state index < -0.39 is 6.10 Å². The molecule has 1 aromatic rings. The van der Waals surface area contributed by atoms with E-state index in [0.717, 1.165) is 19.6 Å². The summed E-state index contributed by atoms with van der Waals surface area (Å²) >= 11 is 0. The molecule has 96 valence electrons. The SMILES string of the molecule is CNCC1CCCN(c2n[nH]c(C(C)O)n2)C1. The van der Waals surface area contributed by atoms with Crippen molar-refractivity contribution >= 4 is 5.95 Å². The van der Waals surface area contributed by atoms with Gasteiger partial charge in [0.05, 0.1) is 0 Å². The van der Waals surface area contributed by atoms with Gasteiger partial charge in [0.1, 0.15) is 6.10 Å². The Kier molecular flexibility index (Phi) is 3.96. The van der Waals surface area contributed by atoms with Crippen LogP contribution in [0.5, 0.6) is 0 Å². The lowest BCUT2D eigenvalue weighted by atomic mass is 9.98. The molecule has 17 heavy (non-hydrogen) atoms. The molecule has 0 aliphatic carbocycles. The van der Waals surface area contributed by atoms with Crippen molar-refractivity contribution in [3.05, 3.63) is 5.82 Å². The average molecular weight is 239 g/mol. The van der Waals surface area contributed by atoms with Crippen LogP contribution in [0.4, 0.5) is 5.95 Å². The molecule has 2 atom stereocenters. The molecule has 1 aliphatic heterocycles. The van der Waals surface area contributed by atoms with Gasteiger partial charge in [0.2, 0.25) is 5.95 Å². The Morgan fingerprint density at radius 2 is 2.47 bits per heavy atom. The summed E-state index contributed by atoms with van der Waals surface area (Å²) in [5, 5.41) is 19.6. The molecule has 0 spiro atoms. The van der Waals surface area contributed by atoms with Gasteiger partial charge in [-0.25, -0.2) is 0 Å². The van der Waals surface area contributed by atoms with Crippen molar-refractivity contribution < 1.29 is 5.11 Å². The third kappa shape index (κ3) is 2.95. The topological polar surface area (TPSA) is 77.1 Å². The number of aliphatic hydroxyl groups is 1. The van der Waals surface area contributed by atoms with Crippen molar-refractivity contribution in [2.75, 3.05) is 31.6 Å².